The van der Waals surface area contributed by atoms with Crippen LogP contribution in [0.4, 0.5) is 0 Å². The van der Waals surface area contributed by atoms with Gasteiger partial charge in [0.25, 0.3) is 5.91 Å². The van der Waals surface area contributed by atoms with Crippen LogP contribution in [0.1, 0.15) is 28.4 Å². The van der Waals surface area contributed by atoms with Gasteiger partial charge in [0.2, 0.25) is 5.91 Å². The molecule has 0 unspecified atom stereocenters. The maximum atomic E-state index is 12.7. The highest BCUT2D eigenvalue weighted by atomic mass is 16.3. The average molecular weight is 391 g/mol. The molecule has 2 fully saturated rings. The largest absolute Gasteiger partial charge is 0.389 e. The molecule has 29 heavy (non-hydrogen) atoms. The molecule has 3 aromatic rings. The number of carbonyl (C=O) groups is 2. The molecule has 1 aromatic heterocycles. The number of nitrogens with one attached hydrogen (secondary N) is 2. The first-order chi connectivity index (χ1) is 14.1. The first-order valence-corrected chi connectivity index (χ1v) is 9.72. The Morgan fingerprint density at radius 1 is 1.14 bits per heavy atom. The van der Waals surface area contributed by atoms with E-state index in [0.29, 0.717) is 0 Å². The van der Waals surface area contributed by atoms with Crippen LogP contribution in [0.5, 0.6) is 0 Å². The molecule has 3 N–H and O–H groups in total. The van der Waals surface area contributed by atoms with Gasteiger partial charge in [0.15, 0.2) is 5.69 Å². The highest BCUT2D eigenvalue weighted by Gasteiger charge is 2.46. The Bertz CT molecular complexity index is 1070. The van der Waals surface area contributed by atoms with Gasteiger partial charge in [-0.25, -0.2) is 0 Å². The Balaban J connectivity index is 1.21. The number of nitrogens with zero attached hydrogens (tertiary/aromatic N) is 3. The second-order valence-electron chi connectivity index (χ2n) is 7.80. The van der Waals surface area contributed by atoms with Crippen LogP contribution in [0, 0.1) is 5.92 Å². The Labute approximate surface area is 166 Å². The van der Waals surface area contributed by atoms with Crippen molar-refractivity contribution in [2.45, 2.75) is 24.5 Å². The van der Waals surface area contributed by atoms with Gasteiger partial charge in [-0.1, -0.05) is 42.5 Å². The van der Waals surface area contributed by atoms with Gasteiger partial charge in [0, 0.05) is 19.0 Å². The maximum absolute atomic E-state index is 12.7. The standard InChI is InChI=1S/C21H21N5O3/c27-19-11-26(21(29)17-9-22-25-24-17)10-18(19)23-20(28)16-8-15(16)14-6-5-12-3-1-2-4-13(12)7-14/h1-7,9,15-16,18-19,27H,8,10-11H2,(H,23,28)(H,22,24,25)/t15-,16+,18-,19+/m0/s1. The van der Waals surface area contributed by atoms with Crippen molar-refractivity contribution < 1.29 is 14.7 Å². The van der Waals surface area contributed by atoms with E-state index in [2.05, 4.69) is 51.1 Å². The van der Waals surface area contributed by atoms with E-state index in [4.69, 9.17) is 0 Å². The number of β-amino-alcohol motifs (C(OH)–C–C–N with tert-alkyl or cyclic N) is 1. The number of hydrogen-bond acceptors (Lipinski definition) is 5. The van der Waals surface area contributed by atoms with E-state index in [1.54, 1.807) is 0 Å². The average Bonchev–Trinajstić information content (AvgIpc) is 3.18. The molecule has 8 heteroatoms. The lowest BCUT2D eigenvalue weighted by atomic mass is 10.0. The van der Waals surface area contributed by atoms with Crippen molar-refractivity contribution in [3.8, 4) is 0 Å². The summed E-state index contributed by atoms with van der Waals surface area (Å²) >= 11 is 0. The third kappa shape index (κ3) is 3.36. The summed E-state index contributed by atoms with van der Waals surface area (Å²) in [7, 11) is 0. The molecular formula is C21H21N5O3. The first-order valence-electron chi connectivity index (χ1n) is 9.72. The zero-order chi connectivity index (χ0) is 20.0. The summed E-state index contributed by atoms with van der Waals surface area (Å²) in [4.78, 5) is 26.5. The van der Waals surface area contributed by atoms with Crippen LogP contribution in [0.2, 0.25) is 0 Å². The molecule has 148 valence electrons. The van der Waals surface area contributed by atoms with E-state index >= 15 is 0 Å². The second-order valence-corrected chi connectivity index (χ2v) is 7.80. The van der Waals surface area contributed by atoms with Gasteiger partial charge in [-0.3, -0.25) is 9.59 Å². The van der Waals surface area contributed by atoms with Gasteiger partial charge >= 0.3 is 0 Å². The molecule has 1 saturated heterocycles. The molecule has 2 heterocycles. The number of likely N-dealkylation sites (tertiary alicyclic amines) is 1. The lowest BCUT2D eigenvalue weighted by Crippen LogP contribution is -2.43. The summed E-state index contributed by atoms with van der Waals surface area (Å²) in [5.41, 5.74) is 1.36. The Morgan fingerprint density at radius 3 is 2.76 bits per heavy atom. The van der Waals surface area contributed by atoms with Gasteiger partial charge < -0.3 is 15.3 Å². The van der Waals surface area contributed by atoms with Crippen molar-refractivity contribution in [3.05, 3.63) is 59.9 Å². The fourth-order valence-corrected chi connectivity index (χ4v) is 4.14. The van der Waals surface area contributed by atoms with Crippen LogP contribution < -0.4 is 5.32 Å². The number of fused-ring (bicyclic) bond motifs is 1. The van der Waals surface area contributed by atoms with Crippen molar-refractivity contribution >= 4 is 22.6 Å². The summed E-state index contributed by atoms with van der Waals surface area (Å²) in [6, 6.07) is 14.0. The molecule has 8 nitrogen and oxygen atoms in total. The minimum absolute atomic E-state index is 0.0667. The maximum Gasteiger partial charge on any atom is 0.276 e. The van der Waals surface area contributed by atoms with Gasteiger partial charge in [0.05, 0.1) is 18.3 Å². The summed E-state index contributed by atoms with van der Waals surface area (Å²) in [6.07, 6.45) is 1.35. The molecule has 2 amide bonds. The fourth-order valence-electron chi connectivity index (χ4n) is 4.14. The number of carbonyl (C=O) groups excluding carboxylic acids is 2. The van der Waals surface area contributed by atoms with Crippen LogP contribution in [-0.4, -0.2) is 62.5 Å². The van der Waals surface area contributed by atoms with E-state index in [1.165, 1.54) is 27.4 Å². The number of H-pyrrole nitrogens is 1. The van der Waals surface area contributed by atoms with Crippen LogP contribution in [0.15, 0.2) is 48.7 Å². The zero-order valence-corrected chi connectivity index (χ0v) is 15.7. The normalized spacial score (nSPS) is 25.9. The molecule has 0 bridgehead atoms. The molecule has 5 rings (SSSR count). The molecule has 2 aromatic carbocycles. The van der Waals surface area contributed by atoms with E-state index in [0.717, 1.165) is 6.42 Å². The van der Waals surface area contributed by atoms with Gasteiger partial charge in [-0.2, -0.15) is 15.4 Å². The van der Waals surface area contributed by atoms with E-state index < -0.39 is 12.1 Å². The number of aromatic amines is 1. The summed E-state index contributed by atoms with van der Waals surface area (Å²) < 4.78 is 0. The van der Waals surface area contributed by atoms with Gasteiger partial charge in [-0.05, 0) is 28.7 Å². The van der Waals surface area contributed by atoms with Crippen LogP contribution >= 0.6 is 0 Å². The molecule has 0 radical (unpaired) electrons. The SMILES string of the molecule is O=C(N[C@H]1CN(C(=O)c2cn[nH]n2)C[C@H]1O)[C@@H]1C[C@H]1c1ccc2ccccc2c1. The molecule has 1 aliphatic carbocycles. The van der Waals surface area contributed by atoms with Crippen molar-refractivity contribution in [1.29, 1.82) is 0 Å². The predicted octanol–water partition coefficient (Wildman–Crippen LogP) is 1.06. The minimum Gasteiger partial charge on any atom is -0.389 e. The molecule has 1 saturated carbocycles. The third-order valence-electron chi connectivity index (χ3n) is 5.87. The molecule has 1 aliphatic heterocycles. The van der Waals surface area contributed by atoms with Gasteiger partial charge in [-0.15, -0.1) is 0 Å². The lowest BCUT2D eigenvalue weighted by molar-refractivity contribution is -0.123. The molecular weight excluding hydrogens is 370 g/mol. The second kappa shape index (κ2) is 6.97. The van der Waals surface area contributed by atoms with E-state index in [9.17, 15) is 14.7 Å². The highest BCUT2D eigenvalue weighted by molar-refractivity contribution is 5.92. The summed E-state index contributed by atoms with van der Waals surface area (Å²) in [5.74, 6) is -0.271. The zero-order valence-electron chi connectivity index (χ0n) is 15.7. The topological polar surface area (TPSA) is 111 Å². The van der Waals surface area contributed by atoms with Crippen molar-refractivity contribution in [1.82, 2.24) is 25.6 Å². The molecule has 0 spiro atoms. The number of rotatable bonds is 4. The Hall–Kier alpha value is -3.26. The quantitative estimate of drug-likeness (QED) is 0.616. The number of aliphatic hydroxyl groups excluding tert-OH is 1. The predicted molar refractivity (Wildman–Crippen MR) is 105 cm³/mol. The monoisotopic (exact) mass is 391 g/mol. The van der Waals surface area contributed by atoms with Crippen LogP contribution in [0.25, 0.3) is 10.8 Å². The van der Waals surface area contributed by atoms with Crippen molar-refractivity contribution in [2.75, 3.05) is 13.1 Å². The van der Waals surface area contributed by atoms with Crippen molar-refractivity contribution in [2.24, 2.45) is 5.92 Å². The van der Waals surface area contributed by atoms with E-state index in [1.807, 2.05) is 12.1 Å². The van der Waals surface area contributed by atoms with Crippen LogP contribution in [-0.2, 0) is 4.79 Å². The Morgan fingerprint density at radius 2 is 1.97 bits per heavy atom. The van der Waals surface area contributed by atoms with E-state index in [-0.39, 0.29) is 42.4 Å². The number of hydrogen-bond donors (Lipinski definition) is 3. The third-order valence-corrected chi connectivity index (χ3v) is 5.87. The lowest BCUT2D eigenvalue weighted by Gasteiger charge is -2.16. The summed E-state index contributed by atoms with van der Waals surface area (Å²) in [6.45, 7) is 0.418. The van der Waals surface area contributed by atoms with Gasteiger partial charge in [0.1, 0.15) is 0 Å². The first kappa shape index (κ1) is 17.8. The highest BCUT2D eigenvalue weighted by Crippen LogP contribution is 2.48. The Kier molecular flexibility index (Phi) is 4.28. The van der Waals surface area contributed by atoms with Crippen molar-refractivity contribution in [3.63, 3.8) is 0 Å². The number of aromatic nitrogens is 3. The van der Waals surface area contributed by atoms with Crippen LogP contribution in [0.3, 0.4) is 0 Å². The number of benzene rings is 2. The molecule has 2 aliphatic rings. The number of aliphatic hydroxyl groups is 1. The smallest absolute Gasteiger partial charge is 0.276 e. The summed E-state index contributed by atoms with van der Waals surface area (Å²) in [5, 5.41) is 25.4. The minimum atomic E-state index is -0.798. The molecule has 4 atom stereocenters. The number of amides is 2. The fraction of sp³-hybridized carbons (Fsp3) is 0.333.